The molecular formula is C22H25N5OS. The Labute approximate surface area is 175 Å². The fraction of sp³-hybridized carbons (Fsp3) is 0.227. The quantitative estimate of drug-likeness (QED) is 0.486. The van der Waals surface area contributed by atoms with Crippen LogP contribution in [0.4, 0.5) is 0 Å². The van der Waals surface area contributed by atoms with Crippen molar-refractivity contribution in [2.45, 2.75) is 13.1 Å². The SMILES string of the molecule is CN=C(NCc1ccc(C(=O)N(C)C)cc1)NCc1nc(-c2ccccc2)cs1. The number of carbonyl (C=O) groups is 1. The van der Waals surface area contributed by atoms with Crippen LogP contribution in [-0.2, 0) is 13.1 Å². The van der Waals surface area contributed by atoms with Crippen LogP contribution in [0.3, 0.4) is 0 Å². The predicted molar refractivity (Wildman–Crippen MR) is 119 cm³/mol. The minimum atomic E-state index is 0.000283. The average molecular weight is 408 g/mol. The minimum absolute atomic E-state index is 0.000283. The van der Waals surface area contributed by atoms with E-state index in [0.29, 0.717) is 24.6 Å². The van der Waals surface area contributed by atoms with Crippen LogP contribution in [0, 0.1) is 0 Å². The lowest BCUT2D eigenvalue weighted by atomic mass is 10.1. The van der Waals surface area contributed by atoms with Gasteiger partial charge >= 0.3 is 0 Å². The molecule has 2 N–H and O–H groups in total. The summed E-state index contributed by atoms with van der Waals surface area (Å²) >= 11 is 1.63. The number of guanidine groups is 1. The molecule has 0 aliphatic heterocycles. The van der Waals surface area contributed by atoms with Gasteiger partial charge in [-0.1, -0.05) is 42.5 Å². The van der Waals surface area contributed by atoms with E-state index < -0.39 is 0 Å². The van der Waals surface area contributed by atoms with E-state index in [1.54, 1.807) is 37.4 Å². The standard InChI is InChI=1S/C22H25N5OS/c1-23-22(24-13-16-9-11-18(12-10-16)21(28)27(2)3)25-14-20-26-19(15-29-20)17-7-5-4-6-8-17/h4-12,15H,13-14H2,1-3H3,(H2,23,24,25). The molecule has 0 atom stereocenters. The highest BCUT2D eigenvalue weighted by Gasteiger charge is 2.08. The van der Waals surface area contributed by atoms with E-state index in [-0.39, 0.29) is 5.91 Å². The Bertz CT molecular complexity index is 964. The van der Waals surface area contributed by atoms with Gasteiger partial charge < -0.3 is 15.5 Å². The van der Waals surface area contributed by atoms with Gasteiger partial charge in [-0.05, 0) is 17.7 Å². The molecule has 0 saturated carbocycles. The van der Waals surface area contributed by atoms with Gasteiger partial charge in [0.25, 0.3) is 5.91 Å². The van der Waals surface area contributed by atoms with Crippen LogP contribution in [0.5, 0.6) is 0 Å². The van der Waals surface area contributed by atoms with Crippen LogP contribution in [0.2, 0.25) is 0 Å². The summed E-state index contributed by atoms with van der Waals surface area (Å²) in [5.41, 5.74) is 3.86. The summed E-state index contributed by atoms with van der Waals surface area (Å²) in [6.07, 6.45) is 0. The minimum Gasteiger partial charge on any atom is -0.352 e. The highest BCUT2D eigenvalue weighted by molar-refractivity contribution is 7.09. The summed E-state index contributed by atoms with van der Waals surface area (Å²) in [6.45, 7) is 1.22. The van der Waals surface area contributed by atoms with Crippen molar-refractivity contribution in [2.24, 2.45) is 4.99 Å². The lowest BCUT2D eigenvalue weighted by Crippen LogP contribution is -2.36. The molecule has 0 aliphatic carbocycles. The van der Waals surface area contributed by atoms with Crippen molar-refractivity contribution in [2.75, 3.05) is 21.1 Å². The second-order valence-corrected chi connectivity index (χ2v) is 7.61. The van der Waals surface area contributed by atoms with Crippen molar-refractivity contribution in [1.29, 1.82) is 0 Å². The molecule has 0 fully saturated rings. The monoisotopic (exact) mass is 407 g/mol. The Morgan fingerprint density at radius 1 is 1.03 bits per heavy atom. The predicted octanol–water partition coefficient (Wildman–Crippen LogP) is 3.38. The van der Waals surface area contributed by atoms with E-state index in [0.717, 1.165) is 21.8 Å². The van der Waals surface area contributed by atoms with E-state index in [1.165, 1.54) is 0 Å². The van der Waals surface area contributed by atoms with Gasteiger partial charge in [0.05, 0.1) is 12.2 Å². The van der Waals surface area contributed by atoms with Crippen molar-refractivity contribution in [1.82, 2.24) is 20.5 Å². The zero-order valence-electron chi connectivity index (χ0n) is 16.8. The number of amides is 1. The van der Waals surface area contributed by atoms with E-state index in [1.807, 2.05) is 42.5 Å². The van der Waals surface area contributed by atoms with E-state index in [4.69, 9.17) is 0 Å². The number of rotatable bonds is 6. The number of nitrogens with zero attached hydrogens (tertiary/aromatic N) is 3. The fourth-order valence-electron chi connectivity index (χ4n) is 2.72. The number of nitrogens with one attached hydrogen (secondary N) is 2. The maximum absolute atomic E-state index is 12.0. The average Bonchev–Trinajstić information content (AvgIpc) is 3.23. The van der Waals surface area contributed by atoms with Gasteiger partial charge in [-0.2, -0.15) is 0 Å². The Hall–Kier alpha value is -3.19. The first kappa shape index (κ1) is 20.5. The summed E-state index contributed by atoms with van der Waals surface area (Å²) in [4.78, 5) is 22.5. The largest absolute Gasteiger partial charge is 0.352 e. The molecule has 0 aliphatic rings. The van der Waals surface area contributed by atoms with Crippen LogP contribution in [0.1, 0.15) is 20.9 Å². The molecule has 3 aromatic rings. The third-order valence-corrected chi connectivity index (χ3v) is 5.17. The molecule has 3 rings (SSSR count). The van der Waals surface area contributed by atoms with Crippen molar-refractivity contribution in [3.05, 3.63) is 76.1 Å². The molecule has 0 saturated heterocycles. The van der Waals surface area contributed by atoms with Gasteiger partial charge in [-0.3, -0.25) is 9.79 Å². The fourth-order valence-corrected chi connectivity index (χ4v) is 3.47. The summed E-state index contributed by atoms with van der Waals surface area (Å²) in [6, 6.07) is 17.7. The molecule has 0 bridgehead atoms. The highest BCUT2D eigenvalue weighted by atomic mass is 32.1. The Kier molecular flexibility index (Phi) is 6.97. The van der Waals surface area contributed by atoms with Crippen molar-refractivity contribution in [3.63, 3.8) is 0 Å². The third-order valence-electron chi connectivity index (χ3n) is 4.32. The maximum atomic E-state index is 12.0. The van der Waals surface area contributed by atoms with Crippen molar-refractivity contribution >= 4 is 23.2 Å². The van der Waals surface area contributed by atoms with E-state index >= 15 is 0 Å². The summed E-state index contributed by atoms with van der Waals surface area (Å²) < 4.78 is 0. The summed E-state index contributed by atoms with van der Waals surface area (Å²) in [7, 11) is 5.24. The van der Waals surface area contributed by atoms with E-state index in [9.17, 15) is 4.79 Å². The summed E-state index contributed by atoms with van der Waals surface area (Å²) in [5.74, 6) is 0.704. The summed E-state index contributed by atoms with van der Waals surface area (Å²) in [5, 5.41) is 9.64. The molecule has 0 radical (unpaired) electrons. The first-order chi connectivity index (χ1) is 14.1. The lowest BCUT2D eigenvalue weighted by Gasteiger charge is -2.12. The van der Waals surface area contributed by atoms with Crippen molar-refractivity contribution in [3.8, 4) is 11.3 Å². The molecular weight excluding hydrogens is 382 g/mol. The zero-order valence-corrected chi connectivity index (χ0v) is 17.7. The second kappa shape index (κ2) is 9.84. The topological polar surface area (TPSA) is 69.6 Å². The number of hydrogen-bond donors (Lipinski definition) is 2. The lowest BCUT2D eigenvalue weighted by molar-refractivity contribution is 0.0827. The van der Waals surface area contributed by atoms with Crippen LogP contribution in [-0.4, -0.2) is 42.9 Å². The van der Waals surface area contributed by atoms with Crippen LogP contribution in [0.15, 0.2) is 65.0 Å². The number of aliphatic imine (C=N–C) groups is 1. The molecule has 1 aromatic heterocycles. The van der Waals surface area contributed by atoms with Crippen molar-refractivity contribution < 1.29 is 4.79 Å². The molecule has 1 amide bonds. The van der Waals surface area contributed by atoms with Gasteiger partial charge in [-0.25, -0.2) is 4.98 Å². The van der Waals surface area contributed by atoms with E-state index in [2.05, 4.69) is 38.1 Å². The van der Waals surface area contributed by atoms with Gasteiger partial charge in [0.15, 0.2) is 5.96 Å². The smallest absolute Gasteiger partial charge is 0.253 e. The number of benzene rings is 2. The Balaban J connectivity index is 1.51. The Morgan fingerprint density at radius 2 is 1.72 bits per heavy atom. The van der Waals surface area contributed by atoms with Crippen LogP contribution >= 0.6 is 11.3 Å². The third kappa shape index (κ3) is 5.65. The van der Waals surface area contributed by atoms with Gasteiger partial charge in [-0.15, -0.1) is 11.3 Å². The molecule has 6 nitrogen and oxygen atoms in total. The maximum Gasteiger partial charge on any atom is 0.253 e. The van der Waals surface area contributed by atoms with Crippen LogP contribution < -0.4 is 10.6 Å². The number of thiazole rings is 1. The second-order valence-electron chi connectivity index (χ2n) is 6.67. The molecule has 0 spiro atoms. The zero-order chi connectivity index (χ0) is 20.6. The molecule has 7 heteroatoms. The normalized spacial score (nSPS) is 11.2. The van der Waals surface area contributed by atoms with Gasteiger partial charge in [0.1, 0.15) is 5.01 Å². The van der Waals surface area contributed by atoms with Gasteiger partial charge in [0, 0.05) is 44.2 Å². The molecule has 2 aromatic carbocycles. The van der Waals surface area contributed by atoms with Crippen LogP contribution in [0.25, 0.3) is 11.3 Å². The number of carbonyl (C=O) groups excluding carboxylic acids is 1. The first-order valence-electron chi connectivity index (χ1n) is 9.31. The molecule has 150 valence electrons. The number of aromatic nitrogens is 1. The number of hydrogen-bond acceptors (Lipinski definition) is 4. The van der Waals surface area contributed by atoms with Gasteiger partial charge in [0.2, 0.25) is 0 Å². The first-order valence-corrected chi connectivity index (χ1v) is 10.2. The molecule has 0 unspecified atom stereocenters. The molecule has 1 heterocycles. The Morgan fingerprint density at radius 3 is 2.38 bits per heavy atom. The highest BCUT2D eigenvalue weighted by Crippen LogP contribution is 2.21. The molecule has 29 heavy (non-hydrogen) atoms.